The summed E-state index contributed by atoms with van der Waals surface area (Å²) in [5, 5.41) is 0. The largest absolute Gasteiger partial charge is 0.241 e. The van der Waals surface area contributed by atoms with Crippen LogP contribution >= 0.6 is 27.7 Å². The zero-order chi connectivity index (χ0) is 13.8. The average molecular weight is 352 g/mol. The number of aryl methyl sites for hydroxylation is 1. The monoisotopic (exact) mass is 351 g/mol. The highest BCUT2D eigenvalue weighted by molar-refractivity contribution is 9.10. The van der Waals surface area contributed by atoms with Crippen molar-refractivity contribution in [2.45, 2.75) is 18.7 Å². The molecule has 1 aromatic carbocycles. The second kappa shape index (κ2) is 6.93. The van der Waals surface area contributed by atoms with Gasteiger partial charge in [0, 0.05) is 11.0 Å². The first-order chi connectivity index (χ1) is 8.36. The van der Waals surface area contributed by atoms with E-state index >= 15 is 0 Å². The number of hydrogen-bond acceptors (Lipinski definition) is 3. The minimum atomic E-state index is -3.43. The van der Waals surface area contributed by atoms with Crippen LogP contribution in [-0.2, 0) is 10.0 Å². The number of sulfonamides is 1. The van der Waals surface area contributed by atoms with Gasteiger partial charge in [-0.15, -0.1) is 0 Å². The van der Waals surface area contributed by atoms with Gasteiger partial charge in [-0.25, -0.2) is 13.1 Å². The van der Waals surface area contributed by atoms with E-state index in [1.54, 1.807) is 30.0 Å². The van der Waals surface area contributed by atoms with Gasteiger partial charge in [0.2, 0.25) is 10.0 Å². The molecule has 0 aliphatic carbocycles. The van der Waals surface area contributed by atoms with E-state index in [0.29, 0.717) is 21.8 Å². The van der Waals surface area contributed by atoms with Crippen molar-refractivity contribution in [2.24, 2.45) is 5.92 Å². The zero-order valence-electron chi connectivity index (χ0n) is 10.7. The molecule has 0 saturated heterocycles. The Morgan fingerprint density at radius 2 is 2.11 bits per heavy atom. The van der Waals surface area contributed by atoms with Gasteiger partial charge in [-0.05, 0) is 58.5 Å². The maximum Gasteiger partial charge on any atom is 0.241 e. The number of thioether (sulfide) groups is 1. The number of hydrogen-bond donors (Lipinski definition) is 1. The molecule has 0 fully saturated rings. The standard InChI is InChI=1S/C12H18BrNO2S2/c1-9-4-5-12(11(13)6-9)18(15,16)14-7-10(2)8-17-3/h4-6,10,14H,7-8H2,1-3H3. The molecule has 0 radical (unpaired) electrons. The maximum atomic E-state index is 12.1. The number of nitrogens with one attached hydrogen (secondary N) is 1. The second-order valence-corrected chi connectivity index (χ2v) is 7.85. The molecule has 0 heterocycles. The number of rotatable bonds is 6. The van der Waals surface area contributed by atoms with Crippen LogP contribution in [-0.4, -0.2) is 27.0 Å². The molecule has 1 atom stereocenters. The fourth-order valence-corrected chi connectivity index (χ4v) is 4.54. The van der Waals surface area contributed by atoms with E-state index in [4.69, 9.17) is 0 Å². The minimum absolute atomic E-state index is 0.296. The molecule has 0 aliphatic rings. The van der Waals surface area contributed by atoms with Crippen LogP contribution in [0.5, 0.6) is 0 Å². The molecule has 1 rings (SSSR count). The van der Waals surface area contributed by atoms with Crippen LogP contribution in [0.15, 0.2) is 27.6 Å². The van der Waals surface area contributed by atoms with E-state index in [9.17, 15) is 8.42 Å². The average Bonchev–Trinajstić information content (AvgIpc) is 2.26. The summed E-state index contributed by atoms with van der Waals surface area (Å²) in [6, 6.07) is 5.23. The summed E-state index contributed by atoms with van der Waals surface area (Å²) in [4.78, 5) is 0.296. The molecule has 6 heteroatoms. The predicted molar refractivity (Wildman–Crippen MR) is 81.6 cm³/mol. The van der Waals surface area contributed by atoms with E-state index in [1.807, 2.05) is 20.1 Å². The summed E-state index contributed by atoms with van der Waals surface area (Å²) in [5.74, 6) is 1.26. The SMILES string of the molecule is CSCC(C)CNS(=O)(=O)c1ccc(C)cc1Br. The van der Waals surface area contributed by atoms with Crippen LogP contribution in [0, 0.1) is 12.8 Å². The van der Waals surface area contributed by atoms with Gasteiger partial charge < -0.3 is 0 Å². The Kier molecular flexibility index (Phi) is 6.17. The smallest absolute Gasteiger partial charge is 0.211 e. The van der Waals surface area contributed by atoms with Crippen molar-refractivity contribution in [3.8, 4) is 0 Å². The summed E-state index contributed by atoms with van der Waals surface area (Å²) < 4.78 is 27.5. The summed E-state index contributed by atoms with van der Waals surface area (Å²) in [6.45, 7) is 4.42. The van der Waals surface area contributed by atoms with E-state index in [2.05, 4.69) is 20.7 Å². The van der Waals surface area contributed by atoms with Crippen molar-refractivity contribution < 1.29 is 8.42 Å². The van der Waals surface area contributed by atoms with Crippen LogP contribution in [0.4, 0.5) is 0 Å². The molecule has 0 saturated carbocycles. The molecule has 1 N–H and O–H groups in total. The summed E-state index contributed by atoms with van der Waals surface area (Å²) >= 11 is 5.01. The second-order valence-electron chi connectivity index (χ2n) is 4.35. The van der Waals surface area contributed by atoms with Gasteiger partial charge in [-0.3, -0.25) is 0 Å². The van der Waals surface area contributed by atoms with Gasteiger partial charge in [0.15, 0.2) is 0 Å². The van der Waals surface area contributed by atoms with E-state index in [-0.39, 0.29) is 0 Å². The van der Waals surface area contributed by atoms with Gasteiger partial charge in [-0.2, -0.15) is 11.8 Å². The first kappa shape index (κ1) is 16.0. The Morgan fingerprint density at radius 3 is 2.67 bits per heavy atom. The normalized spacial score (nSPS) is 13.6. The van der Waals surface area contributed by atoms with Crippen LogP contribution < -0.4 is 4.72 Å². The zero-order valence-corrected chi connectivity index (χ0v) is 14.0. The molecule has 0 aliphatic heterocycles. The first-order valence-corrected chi connectivity index (χ1v) is 9.28. The molecule has 1 unspecified atom stereocenters. The lowest BCUT2D eigenvalue weighted by atomic mass is 10.2. The van der Waals surface area contributed by atoms with E-state index < -0.39 is 10.0 Å². The topological polar surface area (TPSA) is 46.2 Å². The quantitative estimate of drug-likeness (QED) is 0.856. The third-order valence-electron chi connectivity index (χ3n) is 2.45. The third kappa shape index (κ3) is 4.57. The van der Waals surface area contributed by atoms with Crippen LogP contribution in [0.3, 0.4) is 0 Å². The molecule has 0 aromatic heterocycles. The van der Waals surface area contributed by atoms with Gasteiger partial charge in [0.05, 0.1) is 4.90 Å². The molecule has 18 heavy (non-hydrogen) atoms. The fraction of sp³-hybridized carbons (Fsp3) is 0.500. The van der Waals surface area contributed by atoms with Crippen LogP contribution in [0.2, 0.25) is 0 Å². The van der Waals surface area contributed by atoms with Crippen molar-refractivity contribution in [1.29, 1.82) is 0 Å². The van der Waals surface area contributed by atoms with Gasteiger partial charge in [0.1, 0.15) is 0 Å². The molecule has 3 nitrogen and oxygen atoms in total. The molecule has 1 aromatic rings. The van der Waals surface area contributed by atoms with Crippen molar-refractivity contribution in [2.75, 3.05) is 18.6 Å². The molecular formula is C12H18BrNO2S2. The van der Waals surface area contributed by atoms with Crippen molar-refractivity contribution in [1.82, 2.24) is 4.72 Å². The summed E-state index contributed by atoms with van der Waals surface area (Å²) in [5.41, 5.74) is 1.02. The lowest BCUT2D eigenvalue weighted by molar-refractivity contribution is 0.562. The van der Waals surface area contributed by atoms with Gasteiger partial charge in [0.25, 0.3) is 0 Å². The Balaban J connectivity index is 2.80. The lowest BCUT2D eigenvalue weighted by Gasteiger charge is -2.13. The molecule has 0 spiro atoms. The number of halogens is 1. The van der Waals surface area contributed by atoms with Gasteiger partial charge in [-0.1, -0.05) is 13.0 Å². The third-order valence-corrected chi connectivity index (χ3v) is 5.75. The summed E-state index contributed by atoms with van der Waals surface area (Å²) in [7, 11) is -3.43. The molecule has 102 valence electrons. The van der Waals surface area contributed by atoms with Crippen LogP contribution in [0.1, 0.15) is 12.5 Å². The van der Waals surface area contributed by atoms with Crippen molar-refractivity contribution in [3.63, 3.8) is 0 Å². The Hall–Kier alpha value is -0.0400. The maximum absolute atomic E-state index is 12.1. The van der Waals surface area contributed by atoms with E-state index in [0.717, 1.165) is 11.3 Å². The molecule has 0 bridgehead atoms. The highest BCUT2D eigenvalue weighted by Crippen LogP contribution is 2.22. The lowest BCUT2D eigenvalue weighted by Crippen LogP contribution is -2.29. The van der Waals surface area contributed by atoms with Gasteiger partial charge >= 0.3 is 0 Å². The van der Waals surface area contributed by atoms with Crippen molar-refractivity contribution in [3.05, 3.63) is 28.2 Å². The molecule has 0 amide bonds. The minimum Gasteiger partial charge on any atom is -0.211 e. The Morgan fingerprint density at radius 1 is 1.44 bits per heavy atom. The predicted octanol–water partition coefficient (Wildman–Crippen LogP) is 3.03. The summed E-state index contributed by atoms with van der Waals surface area (Å²) in [6.07, 6.45) is 2.02. The highest BCUT2D eigenvalue weighted by atomic mass is 79.9. The molecular weight excluding hydrogens is 334 g/mol. The Labute approximate surface area is 122 Å². The number of benzene rings is 1. The Bertz CT molecular complexity index is 503. The van der Waals surface area contributed by atoms with Crippen LogP contribution in [0.25, 0.3) is 0 Å². The first-order valence-electron chi connectivity index (χ1n) is 5.61. The van der Waals surface area contributed by atoms with E-state index in [1.165, 1.54) is 0 Å². The van der Waals surface area contributed by atoms with Crippen molar-refractivity contribution >= 4 is 37.7 Å². The highest BCUT2D eigenvalue weighted by Gasteiger charge is 2.18. The fourth-order valence-electron chi connectivity index (χ4n) is 1.50.